The molecule has 4 rings (SSSR count). The second-order valence-electron chi connectivity index (χ2n) is 5.87. The highest BCUT2D eigenvalue weighted by Gasteiger charge is 2.28. The summed E-state index contributed by atoms with van der Waals surface area (Å²) in [6.45, 7) is 0. The van der Waals surface area contributed by atoms with Crippen molar-refractivity contribution in [3.05, 3.63) is 46.4 Å². The topological polar surface area (TPSA) is 78.4 Å². The summed E-state index contributed by atoms with van der Waals surface area (Å²) in [5.74, 6) is 1.65. The first-order valence-corrected chi connectivity index (χ1v) is 10.4. The van der Waals surface area contributed by atoms with E-state index in [9.17, 15) is 0 Å². The number of rotatable bonds is 4. The molecule has 144 valence electrons. The summed E-state index contributed by atoms with van der Waals surface area (Å²) in [7, 11) is 3.20. The summed E-state index contributed by atoms with van der Waals surface area (Å²) >= 11 is 5.02. The van der Waals surface area contributed by atoms with Crippen LogP contribution in [0.25, 0.3) is 11.3 Å². The molecule has 0 saturated heterocycles. The van der Waals surface area contributed by atoms with Crippen molar-refractivity contribution in [1.82, 2.24) is 15.2 Å². The predicted molar refractivity (Wildman–Crippen MR) is 111 cm³/mol. The van der Waals surface area contributed by atoms with Gasteiger partial charge in [-0.25, -0.2) is 0 Å². The van der Waals surface area contributed by atoms with Crippen LogP contribution in [0.3, 0.4) is 0 Å². The number of anilines is 1. The Bertz CT molecular complexity index is 1030. The van der Waals surface area contributed by atoms with Gasteiger partial charge in [-0.15, -0.1) is 10.2 Å². The van der Waals surface area contributed by atoms with Crippen molar-refractivity contribution >= 4 is 33.4 Å². The Morgan fingerprint density at radius 2 is 1.86 bits per heavy atom. The number of fused-ring (bicyclic) bond motifs is 3. The van der Waals surface area contributed by atoms with Gasteiger partial charge in [0.1, 0.15) is 0 Å². The second kappa shape index (κ2) is 7.84. The zero-order chi connectivity index (χ0) is 19.7. The third-order valence-electron chi connectivity index (χ3n) is 4.30. The monoisotopic (exact) mass is 460 g/mol. The smallest absolute Gasteiger partial charge is 0.247 e. The molecule has 1 aliphatic heterocycles. The number of halogens is 1. The molecule has 0 bridgehead atoms. The molecule has 9 heteroatoms. The van der Waals surface area contributed by atoms with E-state index in [1.165, 1.54) is 11.8 Å². The van der Waals surface area contributed by atoms with E-state index in [0.717, 1.165) is 21.3 Å². The highest BCUT2D eigenvalue weighted by Crippen LogP contribution is 2.42. The molecule has 28 heavy (non-hydrogen) atoms. The highest BCUT2D eigenvalue weighted by molar-refractivity contribution is 9.10. The van der Waals surface area contributed by atoms with E-state index in [2.05, 4.69) is 36.4 Å². The maximum atomic E-state index is 6.26. The van der Waals surface area contributed by atoms with Crippen molar-refractivity contribution in [3.63, 3.8) is 0 Å². The number of nitrogens with one attached hydrogen (secondary N) is 1. The summed E-state index contributed by atoms with van der Waals surface area (Å²) in [4.78, 5) is 4.53. The SMILES string of the molecule is COc1cc(Br)c(C2Nc3ccccc3-c3nnc(SC)nc3O2)cc1OC. The normalized spacial score (nSPS) is 14.8. The van der Waals surface area contributed by atoms with Gasteiger partial charge in [0.2, 0.25) is 11.0 Å². The molecule has 0 saturated carbocycles. The number of aromatic nitrogens is 3. The first-order valence-electron chi connectivity index (χ1n) is 8.37. The molecule has 0 radical (unpaired) electrons. The molecular weight excluding hydrogens is 444 g/mol. The van der Waals surface area contributed by atoms with Crippen LogP contribution in [0.15, 0.2) is 46.0 Å². The third kappa shape index (κ3) is 3.35. The fraction of sp³-hybridized carbons (Fsp3) is 0.211. The lowest BCUT2D eigenvalue weighted by Crippen LogP contribution is -2.18. The van der Waals surface area contributed by atoms with E-state index in [1.807, 2.05) is 42.7 Å². The van der Waals surface area contributed by atoms with E-state index < -0.39 is 6.23 Å². The van der Waals surface area contributed by atoms with Crippen LogP contribution in [-0.4, -0.2) is 35.7 Å². The van der Waals surface area contributed by atoms with Gasteiger partial charge in [0.15, 0.2) is 23.4 Å². The number of benzene rings is 2. The lowest BCUT2D eigenvalue weighted by molar-refractivity contribution is 0.223. The molecule has 1 aromatic heterocycles. The summed E-state index contributed by atoms with van der Waals surface area (Å²) in [5.41, 5.74) is 3.19. The molecule has 0 spiro atoms. The van der Waals surface area contributed by atoms with Gasteiger partial charge < -0.3 is 19.5 Å². The molecule has 1 unspecified atom stereocenters. The zero-order valence-electron chi connectivity index (χ0n) is 15.4. The first kappa shape index (κ1) is 18.8. The number of ether oxygens (including phenoxy) is 3. The van der Waals surface area contributed by atoms with Gasteiger partial charge in [-0.05, 0) is 24.5 Å². The van der Waals surface area contributed by atoms with Gasteiger partial charge in [0, 0.05) is 21.3 Å². The summed E-state index contributed by atoms with van der Waals surface area (Å²) in [6, 6.07) is 11.6. The Hall–Kier alpha value is -2.52. The lowest BCUT2D eigenvalue weighted by Gasteiger charge is -2.22. The van der Waals surface area contributed by atoms with Gasteiger partial charge in [0.25, 0.3) is 0 Å². The number of hydrogen-bond donors (Lipinski definition) is 1. The second-order valence-corrected chi connectivity index (χ2v) is 7.50. The van der Waals surface area contributed by atoms with Crippen molar-refractivity contribution in [1.29, 1.82) is 0 Å². The van der Waals surface area contributed by atoms with Crippen LogP contribution in [0.5, 0.6) is 17.4 Å². The van der Waals surface area contributed by atoms with Crippen molar-refractivity contribution in [2.45, 2.75) is 11.4 Å². The van der Waals surface area contributed by atoms with Gasteiger partial charge in [-0.2, -0.15) is 4.98 Å². The van der Waals surface area contributed by atoms with Crippen molar-refractivity contribution in [3.8, 4) is 28.6 Å². The number of nitrogens with zero attached hydrogens (tertiary/aromatic N) is 3. The zero-order valence-corrected chi connectivity index (χ0v) is 17.8. The Labute approximate surface area is 175 Å². The maximum Gasteiger partial charge on any atom is 0.247 e. The first-order chi connectivity index (χ1) is 13.6. The van der Waals surface area contributed by atoms with Crippen LogP contribution < -0.4 is 19.5 Å². The molecule has 2 aromatic carbocycles. The number of hydrogen-bond acceptors (Lipinski definition) is 8. The largest absolute Gasteiger partial charge is 0.493 e. The average Bonchev–Trinajstić information content (AvgIpc) is 2.89. The molecule has 0 aliphatic carbocycles. The summed E-state index contributed by atoms with van der Waals surface area (Å²) < 4.78 is 17.9. The lowest BCUT2D eigenvalue weighted by atomic mass is 10.1. The number of methoxy groups -OCH3 is 2. The maximum absolute atomic E-state index is 6.26. The van der Waals surface area contributed by atoms with Crippen LogP contribution in [0.1, 0.15) is 11.8 Å². The molecule has 0 amide bonds. The molecule has 3 aromatic rings. The highest BCUT2D eigenvalue weighted by atomic mass is 79.9. The molecule has 1 atom stereocenters. The van der Waals surface area contributed by atoms with Crippen molar-refractivity contribution < 1.29 is 14.2 Å². The van der Waals surface area contributed by atoms with E-state index in [1.54, 1.807) is 14.2 Å². The quantitative estimate of drug-likeness (QED) is 0.568. The minimum Gasteiger partial charge on any atom is -0.493 e. The fourth-order valence-electron chi connectivity index (χ4n) is 2.95. The molecule has 7 nitrogen and oxygen atoms in total. The van der Waals surface area contributed by atoms with E-state index in [-0.39, 0.29) is 0 Å². The van der Waals surface area contributed by atoms with Crippen LogP contribution >= 0.6 is 27.7 Å². The van der Waals surface area contributed by atoms with Crippen LogP contribution in [0.4, 0.5) is 5.69 Å². The summed E-state index contributed by atoms with van der Waals surface area (Å²) in [5, 5.41) is 12.5. The molecule has 1 aliphatic rings. The summed E-state index contributed by atoms with van der Waals surface area (Å²) in [6.07, 6.45) is 1.37. The van der Waals surface area contributed by atoms with Gasteiger partial charge >= 0.3 is 0 Å². The minimum atomic E-state index is -0.525. The van der Waals surface area contributed by atoms with E-state index in [4.69, 9.17) is 14.2 Å². The number of thioether (sulfide) groups is 1. The van der Waals surface area contributed by atoms with Crippen molar-refractivity contribution in [2.75, 3.05) is 25.8 Å². The molecule has 0 fully saturated rings. The fourth-order valence-corrected chi connectivity index (χ4v) is 3.77. The Morgan fingerprint density at radius 1 is 1.11 bits per heavy atom. The minimum absolute atomic E-state index is 0.420. The Kier molecular flexibility index (Phi) is 5.27. The third-order valence-corrected chi connectivity index (χ3v) is 5.53. The number of para-hydroxylation sites is 1. The molecule has 2 heterocycles. The van der Waals surface area contributed by atoms with E-state index in [0.29, 0.717) is 28.2 Å². The van der Waals surface area contributed by atoms with Crippen LogP contribution in [0.2, 0.25) is 0 Å². The average molecular weight is 461 g/mol. The van der Waals surface area contributed by atoms with Crippen LogP contribution in [0, 0.1) is 0 Å². The Balaban J connectivity index is 1.86. The standard InChI is InChI=1S/C19H17BrN4O3S/c1-25-14-8-11(12(20)9-15(14)26-2)17-21-13-7-5-4-6-10(13)16-18(27-17)22-19(28-3)24-23-16/h4-9,17,21H,1-3H3. The Morgan fingerprint density at radius 3 is 2.61 bits per heavy atom. The molecular formula is C19H17BrN4O3S. The molecule has 1 N–H and O–H groups in total. The van der Waals surface area contributed by atoms with Gasteiger partial charge in [-0.1, -0.05) is 45.9 Å². The van der Waals surface area contributed by atoms with Gasteiger partial charge in [-0.3, -0.25) is 0 Å². The van der Waals surface area contributed by atoms with Crippen molar-refractivity contribution in [2.24, 2.45) is 0 Å². The van der Waals surface area contributed by atoms with Gasteiger partial charge in [0.05, 0.1) is 14.2 Å². The predicted octanol–water partition coefficient (Wildman–Crippen LogP) is 4.54. The van der Waals surface area contributed by atoms with E-state index >= 15 is 0 Å². The van der Waals surface area contributed by atoms with Crippen LogP contribution in [-0.2, 0) is 0 Å².